The Morgan fingerprint density at radius 3 is 2.28 bits per heavy atom. The summed E-state index contributed by atoms with van der Waals surface area (Å²) >= 11 is 0. The highest BCUT2D eigenvalue weighted by atomic mass is 16.5. The van der Waals surface area contributed by atoms with Gasteiger partial charge in [-0.3, -0.25) is 14.4 Å². The van der Waals surface area contributed by atoms with Gasteiger partial charge in [-0.2, -0.15) is 0 Å². The molecular weight excluding hydrogens is 232 g/mol. The van der Waals surface area contributed by atoms with Crippen LogP contribution in [0.1, 0.15) is 52.4 Å². The van der Waals surface area contributed by atoms with Crippen LogP contribution in [0, 0.1) is 11.8 Å². The molecule has 0 N–H and O–H groups in total. The third-order valence-corrected chi connectivity index (χ3v) is 3.39. The van der Waals surface area contributed by atoms with Crippen LogP contribution in [-0.4, -0.2) is 24.1 Å². The fourth-order valence-electron chi connectivity index (χ4n) is 2.37. The van der Waals surface area contributed by atoms with E-state index in [2.05, 4.69) is 6.92 Å². The van der Waals surface area contributed by atoms with Crippen LogP contribution in [0.15, 0.2) is 0 Å². The Morgan fingerprint density at radius 1 is 1.17 bits per heavy atom. The van der Waals surface area contributed by atoms with Crippen molar-refractivity contribution in [2.75, 3.05) is 6.61 Å². The molecular formula is C14H22O4. The first-order valence-electron chi connectivity index (χ1n) is 6.82. The van der Waals surface area contributed by atoms with Crippen LogP contribution in [0.2, 0.25) is 0 Å². The quantitative estimate of drug-likeness (QED) is 0.414. The minimum Gasteiger partial charge on any atom is -0.466 e. The predicted octanol–water partition coefficient (Wildman–Crippen LogP) is 2.29. The van der Waals surface area contributed by atoms with Gasteiger partial charge in [0.1, 0.15) is 11.6 Å². The van der Waals surface area contributed by atoms with E-state index in [4.69, 9.17) is 4.74 Å². The standard InChI is InChI=1S/C14H22O4/c1-3-5-6-7-11-12(15)8-10(9-13(11)16)14(17)18-4-2/h10-11H,3-9H2,1-2H3. The monoisotopic (exact) mass is 254 g/mol. The highest BCUT2D eigenvalue weighted by Crippen LogP contribution is 2.27. The Bertz CT molecular complexity index is 304. The van der Waals surface area contributed by atoms with Crippen molar-refractivity contribution < 1.29 is 19.1 Å². The molecule has 1 aliphatic carbocycles. The summed E-state index contributed by atoms with van der Waals surface area (Å²) in [7, 11) is 0. The van der Waals surface area contributed by atoms with E-state index < -0.39 is 17.8 Å². The largest absolute Gasteiger partial charge is 0.466 e. The van der Waals surface area contributed by atoms with Crippen LogP contribution in [-0.2, 0) is 19.1 Å². The molecule has 4 nitrogen and oxygen atoms in total. The lowest BCUT2D eigenvalue weighted by atomic mass is 9.78. The molecule has 0 spiro atoms. The zero-order chi connectivity index (χ0) is 13.5. The summed E-state index contributed by atoms with van der Waals surface area (Å²) < 4.78 is 4.87. The third-order valence-electron chi connectivity index (χ3n) is 3.39. The van der Waals surface area contributed by atoms with Gasteiger partial charge < -0.3 is 4.74 Å². The van der Waals surface area contributed by atoms with Crippen molar-refractivity contribution in [3.63, 3.8) is 0 Å². The summed E-state index contributed by atoms with van der Waals surface area (Å²) in [6.07, 6.45) is 3.99. The molecule has 1 fully saturated rings. The zero-order valence-corrected chi connectivity index (χ0v) is 11.2. The zero-order valence-electron chi connectivity index (χ0n) is 11.2. The number of hydrogen-bond acceptors (Lipinski definition) is 4. The number of Topliss-reactive ketones (excluding diaryl/α,β-unsaturated/α-hetero) is 2. The van der Waals surface area contributed by atoms with Gasteiger partial charge in [0.15, 0.2) is 0 Å². The Morgan fingerprint density at radius 2 is 1.78 bits per heavy atom. The second-order valence-corrected chi connectivity index (χ2v) is 4.84. The first-order chi connectivity index (χ1) is 8.60. The van der Waals surface area contributed by atoms with E-state index in [9.17, 15) is 14.4 Å². The first-order valence-corrected chi connectivity index (χ1v) is 6.82. The number of esters is 1. The first kappa shape index (κ1) is 14.9. The lowest BCUT2D eigenvalue weighted by molar-refractivity contribution is -0.155. The van der Waals surface area contributed by atoms with Gasteiger partial charge in [0, 0.05) is 12.8 Å². The smallest absolute Gasteiger partial charge is 0.309 e. The molecule has 0 radical (unpaired) electrons. The number of ether oxygens (including phenoxy) is 1. The second-order valence-electron chi connectivity index (χ2n) is 4.84. The topological polar surface area (TPSA) is 60.4 Å². The Hall–Kier alpha value is -1.19. The molecule has 0 aromatic rings. The molecule has 0 aromatic heterocycles. The SMILES string of the molecule is CCCCCC1C(=O)CC(C(=O)OCC)CC1=O. The number of ketones is 2. The van der Waals surface area contributed by atoms with Crippen molar-refractivity contribution >= 4 is 17.5 Å². The third kappa shape index (κ3) is 3.93. The molecule has 0 aromatic carbocycles. The van der Waals surface area contributed by atoms with Crippen LogP contribution < -0.4 is 0 Å². The molecule has 0 aliphatic heterocycles. The number of rotatable bonds is 6. The average Bonchev–Trinajstić information content (AvgIpc) is 2.32. The van der Waals surface area contributed by atoms with E-state index in [1.807, 2.05) is 0 Å². The molecule has 1 saturated carbocycles. The summed E-state index contributed by atoms with van der Waals surface area (Å²) in [4.78, 5) is 35.3. The number of unbranched alkanes of at least 4 members (excludes halogenated alkanes) is 2. The molecule has 0 atom stereocenters. The molecule has 0 saturated heterocycles. The normalized spacial score (nSPS) is 24.1. The molecule has 0 unspecified atom stereocenters. The number of hydrogen-bond donors (Lipinski definition) is 0. The Balaban J connectivity index is 2.52. The van der Waals surface area contributed by atoms with Gasteiger partial charge in [-0.25, -0.2) is 0 Å². The van der Waals surface area contributed by atoms with E-state index in [1.165, 1.54) is 0 Å². The van der Waals surface area contributed by atoms with E-state index in [-0.39, 0.29) is 31.0 Å². The maximum Gasteiger partial charge on any atom is 0.309 e. The van der Waals surface area contributed by atoms with Crippen LogP contribution >= 0.6 is 0 Å². The molecule has 1 aliphatic rings. The average molecular weight is 254 g/mol. The van der Waals surface area contributed by atoms with E-state index in [0.717, 1.165) is 19.3 Å². The van der Waals surface area contributed by atoms with Gasteiger partial charge in [-0.1, -0.05) is 26.2 Å². The van der Waals surface area contributed by atoms with E-state index >= 15 is 0 Å². The lowest BCUT2D eigenvalue weighted by Crippen LogP contribution is -2.37. The van der Waals surface area contributed by atoms with Crippen molar-refractivity contribution in [3.05, 3.63) is 0 Å². The van der Waals surface area contributed by atoms with Crippen LogP contribution in [0.4, 0.5) is 0 Å². The highest BCUT2D eigenvalue weighted by molar-refractivity contribution is 6.07. The van der Waals surface area contributed by atoms with Gasteiger partial charge in [0.2, 0.25) is 0 Å². The van der Waals surface area contributed by atoms with Gasteiger partial charge >= 0.3 is 5.97 Å². The Kier molecular flexibility index (Phi) is 6.02. The molecule has 18 heavy (non-hydrogen) atoms. The minimum atomic E-state index is -0.549. The maximum absolute atomic E-state index is 11.9. The van der Waals surface area contributed by atoms with Gasteiger partial charge in [-0.15, -0.1) is 0 Å². The Labute approximate surface area is 108 Å². The van der Waals surface area contributed by atoms with Crippen molar-refractivity contribution in [1.82, 2.24) is 0 Å². The minimum absolute atomic E-state index is 0.0830. The maximum atomic E-state index is 11.9. The molecule has 102 valence electrons. The second kappa shape index (κ2) is 7.29. The van der Waals surface area contributed by atoms with E-state index in [1.54, 1.807) is 6.92 Å². The number of carbonyl (C=O) groups excluding carboxylic acids is 3. The fourth-order valence-corrected chi connectivity index (χ4v) is 2.37. The van der Waals surface area contributed by atoms with Crippen LogP contribution in [0.5, 0.6) is 0 Å². The molecule has 1 rings (SSSR count). The lowest BCUT2D eigenvalue weighted by Gasteiger charge is -2.24. The fraction of sp³-hybridized carbons (Fsp3) is 0.786. The summed E-state index contributed by atoms with van der Waals surface area (Å²) in [5.74, 6) is -1.60. The van der Waals surface area contributed by atoms with Gasteiger partial charge in [0.25, 0.3) is 0 Å². The van der Waals surface area contributed by atoms with Gasteiger partial charge in [-0.05, 0) is 13.3 Å². The summed E-state index contributed by atoms with van der Waals surface area (Å²) in [6.45, 7) is 4.09. The summed E-state index contributed by atoms with van der Waals surface area (Å²) in [5.41, 5.74) is 0. The molecule has 0 bridgehead atoms. The van der Waals surface area contributed by atoms with Crippen LogP contribution in [0.25, 0.3) is 0 Å². The van der Waals surface area contributed by atoms with Crippen molar-refractivity contribution in [1.29, 1.82) is 0 Å². The molecule has 0 amide bonds. The molecule has 4 heteroatoms. The van der Waals surface area contributed by atoms with E-state index in [0.29, 0.717) is 6.42 Å². The summed E-state index contributed by atoms with van der Waals surface area (Å²) in [6, 6.07) is 0. The highest BCUT2D eigenvalue weighted by Gasteiger charge is 2.38. The van der Waals surface area contributed by atoms with Crippen LogP contribution in [0.3, 0.4) is 0 Å². The molecule has 0 heterocycles. The van der Waals surface area contributed by atoms with Crippen molar-refractivity contribution in [3.8, 4) is 0 Å². The summed E-state index contributed by atoms with van der Waals surface area (Å²) in [5, 5.41) is 0. The predicted molar refractivity (Wildman–Crippen MR) is 67.0 cm³/mol. The van der Waals surface area contributed by atoms with Crippen molar-refractivity contribution in [2.45, 2.75) is 52.4 Å². The number of carbonyl (C=O) groups is 3. The van der Waals surface area contributed by atoms with Gasteiger partial charge in [0.05, 0.1) is 18.4 Å². The van der Waals surface area contributed by atoms with Crippen molar-refractivity contribution in [2.24, 2.45) is 11.8 Å².